The lowest BCUT2D eigenvalue weighted by atomic mass is 9.86. The Bertz CT molecular complexity index is 1720. The number of anilines is 1. The smallest absolute Gasteiger partial charge is 0.241 e. The van der Waals surface area contributed by atoms with Crippen molar-refractivity contribution in [1.82, 2.24) is 14.3 Å². The fraction of sp³-hybridized carbons (Fsp3) is 0.312. The van der Waals surface area contributed by atoms with Gasteiger partial charge in [-0.3, -0.25) is 4.79 Å². The SMILES string of the molecule is C[C@H](CC(=O)N(Cc1nccn1C)c1ccc2c(c1)[C@H](NS(=O)(=O)c1cccc(Cl)c1)CC2(C)C)c1ccc(F)cc1. The van der Waals surface area contributed by atoms with Crippen molar-refractivity contribution < 1.29 is 17.6 Å². The van der Waals surface area contributed by atoms with Crippen molar-refractivity contribution in [3.8, 4) is 0 Å². The van der Waals surface area contributed by atoms with E-state index in [0.717, 1.165) is 16.7 Å². The maximum atomic E-state index is 13.9. The standard InChI is InChI=1S/C32H34ClFN4O3S/c1-21(22-8-10-24(34)11-9-22)16-31(39)38(20-30-35-14-15-37(30)4)25-12-13-28-27(18-25)29(19-32(28,2)3)36-42(40,41)26-7-5-6-23(33)17-26/h5-15,17-18,21,29,36H,16,19-20H2,1-4H3/t21-,29-/m1/s1. The van der Waals surface area contributed by atoms with E-state index in [9.17, 15) is 17.6 Å². The van der Waals surface area contributed by atoms with Crippen LogP contribution in [0.25, 0.3) is 0 Å². The van der Waals surface area contributed by atoms with Gasteiger partial charge in [0.1, 0.15) is 11.6 Å². The van der Waals surface area contributed by atoms with Crippen molar-refractivity contribution in [3.63, 3.8) is 0 Å². The predicted molar refractivity (Wildman–Crippen MR) is 162 cm³/mol. The Labute approximate surface area is 251 Å². The average Bonchev–Trinajstić information content (AvgIpc) is 3.45. The molecule has 4 aromatic rings. The molecule has 3 aromatic carbocycles. The Kier molecular flexibility index (Phi) is 8.29. The van der Waals surface area contributed by atoms with Crippen molar-refractivity contribution >= 4 is 33.2 Å². The molecule has 1 aliphatic rings. The van der Waals surface area contributed by atoms with Crippen molar-refractivity contribution in [2.24, 2.45) is 7.05 Å². The highest BCUT2D eigenvalue weighted by atomic mass is 35.5. The number of imidazole rings is 1. The molecule has 0 bridgehead atoms. The third-order valence-electron chi connectivity index (χ3n) is 8.01. The Morgan fingerprint density at radius 1 is 1.17 bits per heavy atom. The van der Waals surface area contributed by atoms with Crippen molar-refractivity contribution in [2.75, 3.05) is 4.90 Å². The van der Waals surface area contributed by atoms with Crippen LogP contribution >= 0.6 is 11.6 Å². The zero-order valence-corrected chi connectivity index (χ0v) is 25.6. The molecule has 0 unspecified atom stereocenters. The molecule has 0 saturated carbocycles. The lowest BCUT2D eigenvalue weighted by Gasteiger charge is -2.26. The lowest BCUT2D eigenvalue weighted by Crippen LogP contribution is -2.32. The van der Waals surface area contributed by atoms with Crippen LogP contribution in [-0.4, -0.2) is 23.9 Å². The molecule has 1 N–H and O–H groups in total. The monoisotopic (exact) mass is 608 g/mol. The van der Waals surface area contributed by atoms with Crippen LogP contribution in [-0.2, 0) is 33.8 Å². The molecule has 5 rings (SSSR count). The summed E-state index contributed by atoms with van der Waals surface area (Å²) in [7, 11) is -1.99. The number of carbonyl (C=O) groups excluding carboxylic acids is 1. The van der Waals surface area contributed by atoms with Gasteiger partial charge in [-0.15, -0.1) is 0 Å². The highest BCUT2D eigenvalue weighted by Crippen LogP contribution is 2.46. The lowest BCUT2D eigenvalue weighted by molar-refractivity contribution is -0.119. The number of halogens is 2. The summed E-state index contributed by atoms with van der Waals surface area (Å²) in [6.45, 7) is 6.34. The minimum absolute atomic E-state index is 0.0961. The van der Waals surface area contributed by atoms with E-state index in [4.69, 9.17) is 11.6 Å². The molecular formula is C32H34ClFN4O3S. The van der Waals surface area contributed by atoms with Crippen molar-refractivity contribution in [3.05, 3.63) is 112 Å². The molecule has 0 saturated heterocycles. The molecule has 0 fully saturated rings. The average molecular weight is 609 g/mol. The summed E-state index contributed by atoms with van der Waals surface area (Å²) in [6.07, 6.45) is 4.26. The van der Waals surface area contributed by atoms with Gasteiger partial charge in [-0.2, -0.15) is 0 Å². The van der Waals surface area contributed by atoms with E-state index in [2.05, 4.69) is 23.6 Å². The molecule has 7 nitrogen and oxygen atoms in total. The number of hydrogen-bond donors (Lipinski definition) is 1. The van der Waals surface area contributed by atoms with Crippen LogP contribution in [0.4, 0.5) is 10.1 Å². The summed E-state index contributed by atoms with van der Waals surface area (Å²) in [6, 6.07) is 17.7. The first-order valence-corrected chi connectivity index (χ1v) is 15.6. The number of fused-ring (bicyclic) bond motifs is 1. The molecule has 1 aromatic heterocycles. The van der Waals surface area contributed by atoms with Gasteiger partial charge in [0.25, 0.3) is 0 Å². The van der Waals surface area contributed by atoms with E-state index in [-0.39, 0.29) is 40.9 Å². The maximum absolute atomic E-state index is 13.9. The number of amides is 1. The summed E-state index contributed by atoms with van der Waals surface area (Å²) < 4.78 is 44.9. The topological polar surface area (TPSA) is 84.3 Å². The molecule has 0 radical (unpaired) electrons. The molecule has 220 valence electrons. The van der Waals surface area contributed by atoms with E-state index in [0.29, 0.717) is 23.0 Å². The number of aromatic nitrogens is 2. The number of rotatable bonds is 9. The third-order valence-corrected chi connectivity index (χ3v) is 9.72. The molecule has 0 spiro atoms. The van der Waals surface area contributed by atoms with E-state index >= 15 is 0 Å². The van der Waals surface area contributed by atoms with Gasteiger partial charge in [0.05, 0.1) is 11.4 Å². The second kappa shape index (κ2) is 11.6. The zero-order valence-electron chi connectivity index (χ0n) is 24.0. The van der Waals surface area contributed by atoms with E-state index < -0.39 is 16.1 Å². The predicted octanol–water partition coefficient (Wildman–Crippen LogP) is 6.64. The Hall–Kier alpha value is -3.53. The van der Waals surface area contributed by atoms with Gasteiger partial charge in [-0.1, -0.05) is 56.6 Å². The second-order valence-corrected chi connectivity index (χ2v) is 13.7. The van der Waals surface area contributed by atoms with Crippen LogP contribution in [0, 0.1) is 5.82 Å². The normalized spacial score (nSPS) is 16.7. The summed E-state index contributed by atoms with van der Waals surface area (Å²) in [5.74, 6) is 0.114. The van der Waals surface area contributed by atoms with E-state index in [1.807, 2.05) is 42.9 Å². The maximum Gasteiger partial charge on any atom is 0.241 e. The highest BCUT2D eigenvalue weighted by molar-refractivity contribution is 7.89. The minimum atomic E-state index is -3.86. The molecule has 1 heterocycles. The van der Waals surface area contributed by atoms with E-state index in [1.165, 1.54) is 24.3 Å². The summed E-state index contributed by atoms with van der Waals surface area (Å²) in [4.78, 5) is 20.1. The molecule has 10 heteroatoms. The number of carbonyl (C=O) groups is 1. The summed E-state index contributed by atoms with van der Waals surface area (Å²) in [5, 5.41) is 0.339. The van der Waals surface area contributed by atoms with Crippen LogP contribution in [0.2, 0.25) is 5.02 Å². The number of benzene rings is 3. The van der Waals surface area contributed by atoms with Gasteiger partial charge in [-0.25, -0.2) is 22.5 Å². The molecule has 2 atom stereocenters. The summed E-state index contributed by atoms with van der Waals surface area (Å²) >= 11 is 6.08. The van der Waals surface area contributed by atoms with Crippen LogP contribution in [0.15, 0.2) is 84.0 Å². The van der Waals surface area contributed by atoms with Crippen LogP contribution in [0.3, 0.4) is 0 Å². The molecule has 0 aliphatic heterocycles. The van der Waals surface area contributed by atoms with Gasteiger partial charge in [0.15, 0.2) is 0 Å². The fourth-order valence-electron chi connectivity index (χ4n) is 5.64. The number of sulfonamides is 1. The molecular weight excluding hydrogens is 575 g/mol. The zero-order chi connectivity index (χ0) is 30.2. The number of nitrogens with zero attached hydrogens (tertiary/aromatic N) is 3. The minimum Gasteiger partial charge on any atom is -0.337 e. The second-order valence-electron chi connectivity index (χ2n) is 11.6. The van der Waals surface area contributed by atoms with Gasteiger partial charge in [-0.05, 0) is 76.9 Å². The molecule has 1 aliphatic carbocycles. The van der Waals surface area contributed by atoms with Crippen LogP contribution in [0.1, 0.15) is 68.1 Å². The Morgan fingerprint density at radius 3 is 2.57 bits per heavy atom. The van der Waals surface area contributed by atoms with Crippen molar-refractivity contribution in [1.29, 1.82) is 0 Å². The quantitative estimate of drug-likeness (QED) is 0.231. The van der Waals surface area contributed by atoms with E-state index in [1.54, 1.807) is 35.4 Å². The first-order valence-electron chi connectivity index (χ1n) is 13.8. The van der Waals surface area contributed by atoms with Crippen LogP contribution in [0.5, 0.6) is 0 Å². The number of hydrogen-bond acceptors (Lipinski definition) is 4. The van der Waals surface area contributed by atoms with Gasteiger partial charge < -0.3 is 9.47 Å². The fourth-order valence-corrected chi connectivity index (χ4v) is 7.16. The summed E-state index contributed by atoms with van der Waals surface area (Å²) in [5.41, 5.74) is 3.08. The molecule has 42 heavy (non-hydrogen) atoms. The first-order chi connectivity index (χ1) is 19.8. The third kappa shape index (κ3) is 6.28. The largest absolute Gasteiger partial charge is 0.337 e. The van der Waals surface area contributed by atoms with Crippen LogP contribution < -0.4 is 9.62 Å². The Balaban J connectivity index is 1.49. The first kappa shape index (κ1) is 29.9. The molecule has 1 amide bonds. The van der Waals surface area contributed by atoms with Gasteiger partial charge in [0, 0.05) is 42.6 Å². The number of aryl methyl sites for hydroxylation is 1. The van der Waals surface area contributed by atoms with Gasteiger partial charge >= 0.3 is 0 Å². The van der Waals surface area contributed by atoms with Crippen molar-refractivity contribution in [2.45, 2.75) is 62.4 Å². The highest BCUT2D eigenvalue weighted by Gasteiger charge is 2.39. The number of nitrogens with one attached hydrogen (secondary N) is 1. The Morgan fingerprint density at radius 2 is 1.90 bits per heavy atom. The van der Waals surface area contributed by atoms with Gasteiger partial charge in [0.2, 0.25) is 15.9 Å².